The zero-order valence-corrected chi connectivity index (χ0v) is 8.93. The molecule has 1 aromatic carbocycles. The monoisotopic (exact) mass is 282 g/mol. The molecule has 0 radical (unpaired) electrons. The van der Waals surface area contributed by atoms with Crippen LogP contribution in [0.2, 0.25) is 0 Å². The van der Waals surface area contributed by atoms with Crippen LogP contribution in [-0.4, -0.2) is 5.11 Å². The summed E-state index contributed by atoms with van der Waals surface area (Å²) in [6.07, 6.45) is 0. The zero-order valence-electron chi connectivity index (χ0n) is 6.01. The van der Waals surface area contributed by atoms with Crippen LogP contribution in [0.25, 0.3) is 0 Å². The molecule has 3 heteroatoms. The van der Waals surface area contributed by atoms with Gasteiger partial charge in [0.25, 0.3) is 0 Å². The molecule has 0 bridgehead atoms. The van der Waals surface area contributed by atoms with Crippen molar-refractivity contribution in [3.63, 3.8) is 0 Å². The van der Waals surface area contributed by atoms with E-state index in [2.05, 4.69) is 22.6 Å². The number of hydrogen-bond acceptors (Lipinski definition) is 1. The molecule has 0 aliphatic heterocycles. The van der Waals surface area contributed by atoms with Crippen molar-refractivity contribution in [1.82, 2.24) is 0 Å². The quantitative estimate of drug-likeness (QED) is 0.619. The first-order valence-corrected chi connectivity index (χ1v) is 4.75. The van der Waals surface area contributed by atoms with Gasteiger partial charge in [-0.25, -0.2) is 0 Å². The Morgan fingerprint density at radius 1 is 1.55 bits per heavy atom. The van der Waals surface area contributed by atoms with Crippen LogP contribution in [0.15, 0.2) is 18.2 Å². The van der Waals surface area contributed by atoms with E-state index in [1.165, 1.54) is 0 Å². The number of hydrogen-bond donors (Lipinski definition) is 1. The van der Waals surface area contributed by atoms with Crippen molar-refractivity contribution >= 4 is 34.2 Å². The Hall–Kier alpha value is 0.0400. The number of benzene rings is 1. The fourth-order valence-electron chi connectivity index (χ4n) is 0.836. The van der Waals surface area contributed by atoms with E-state index < -0.39 is 0 Å². The van der Waals surface area contributed by atoms with Crippen LogP contribution < -0.4 is 0 Å². The fraction of sp³-hybridized carbons (Fsp3) is 0.250. The standard InChI is InChI=1S/C8H8ClIO/c1-5(9)7-4-6(11)2-3-8(7)10/h2-5,11H,1H3. The van der Waals surface area contributed by atoms with E-state index in [1.54, 1.807) is 12.1 Å². The molecule has 1 aromatic rings. The summed E-state index contributed by atoms with van der Waals surface area (Å²) >= 11 is 8.06. The molecular formula is C8H8ClIO. The van der Waals surface area contributed by atoms with Crippen LogP contribution in [0, 0.1) is 3.57 Å². The second-order valence-electron chi connectivity index (χ2n) is 2.32. The summed E-state index contributed by atoms with van der Waals surface area (Å²) in [7, 11) is 0. The Morgan fingerprint density at radius 3 is 2.64 bits per heavy atom. The van der Waals surface area contributed by atoms with E-state index in [-0.39, 0.29) is 11.1 Å². The molecule has 0 saturated heterocycles. The Morgan fingerprint density at radius 2 is 2.18 bits per heavy atom. The van der Waals surface area contributed by atoms with Gasteiger partial charge < -0.3 is 5.11 Å². The maximum absolute atomic E-state index is 9.12. The van der Waals surface area contributed by atoms with E-state index in [1.807, 2.05) is 13.0 Å². The minimum absolute atomic E-state index is 0.0472. The van der Waals surface area contributed by atoms with Crippen molar-refractivity contribution in [1.29, 1.82) is 0 Å². The Bertz CT molecular complexity index is 260. The number of alkyl halides is 1. The first-order valence-electron chi connectivity index (χ1n) is 3.23. The number of rotatable bonds is 1. The maximum Gasteiger partial charge on any atom is 0.115 e. The molecule has 0 aromatic heterocycles. The number of phenols is 1. The predicted octanol–water partition coefficient (Wildman–Crippen LogP) is 3.30. The van der Waals surface area contributed by atoms with Gasteiger partial charge in [0.2, 0.25) is 0 Å². The van der Waals surface area contributed by atoms with Gasteiger partial charge >= 0.3 is 0 Å². The van der Waals surface area contributed by atoms with Gasteiger partial charge in [-0.1, -0.05) is 0 Å². The van der Waals surface area contributed by atoms with Gasteiger partial charge in [-0.2, -0.15) is 0 Å². The number of aromatic hydroxyl groups is 1. The molecule has 60 valence electrons. The molecule has 1 nitrogen and oxygen atoms in total. The van der Waals surface area contributed by atoms with E-state index in [0.717, 1.165) is 9.13 Å². The Kier molecular flexibility index (Phi) is 3.01. The van der Waals surface area contributed by atoms with Crippen LogP contribution >= 0.6 is 34.2 Å². The van der Waals surface area contributed by atoms with Crippen molar-refractivity contribution in [3.8, 4) is 5.75 Å². The second kappa shape index (κ2) is 3.63. The Labute approximate surface area is 84.5 Å². The van der Waals surface area contributed by atoms with Gasteiger partial charge in [0, 0.05) is 3.57 Å². The minimum atomic E-state index is -0.0472. The highest BCUT2D eigenvalue weighted by molar-refractivity contribution is 14.1. The van der Waals surface area contributed by atoms with Crippen molar-refractivity contribution in [3.05, 3.63) is 27.3 Å². The van der Waals surface area contributed by atoms with E-state index in [9.17, 15) is 0 Å². The van der Waals surface area contributed by atoms with Crippen molar-refractivity contribution < 1.29 is 5.11 Å². The molecule has 1 atom stereocenters. The molecule has 1 unspecified atom stereocenters. The summed E-state index contributed by atoms with van der Waals surface area (Å²) in [4.78, 5) is 0. The van der Waals surface area contributed by atoms with E-state index >= 15 is 0 Å². The van der Waals surface area contributed by atoms with E-state index in [4.69, 9.17) is 16.7 Å². The van der Waals surface area contributed by atoms with Gasteiger partial charge in [-0.3, -0.25) is 0 Å². The normalized spacial score (nSPS) is 13.0. The molecule has 0 spiro atoms. The van der Waals surface area contributed by atoms with Gasteiger partial charge in [-0.15, -0.1) is 11.6 Å². The maximum atomic E-state index is 9.12. The third-order valence-corrected chi connectivity index (χ3v) is 2.63. The smallest absolute Gasteiger partial charge is 0.115 e. The van der Waals surface area contributed by atoms with Crippen molar-refractivity contribution in [2.24, 2.45) is 0 Å². The highest BCUT2D eigenvalue weighted by Gasteiger charge is 2.05. The minimum Gasteiger partial charge on any atom is -0.508 e. The average molecular weight is 283 g/mol. The van der Waals surface area contributed by atoms with Gasteiger partial charge in [0.1, 0.15) is 5.75 Å². The highest BCUT2D eigenvalue weighted by Crippen LogP contribution is 2.27. The molecule has 0 fully saturated rings. The third kappa shape index (κ3) is 2.24. The number of halogens is 2. The summed E-state index contributed by atoms with van der Waals surface area (Å²) < 4.78 is 1.09. The van der Waals surface area contributed by atoms with Crippen LogP contribution in [0.1, 0.15) is 17.9 Å². The summed E-state index contributed by atoms with van der Waals surface area (Å²) in [5.74, 6) is 0.271. The summed E-state index contributed by atoms with van der Waals surface area (Å²) in [5.41, 5.74) is 0.979. The van der Waals surface area contributed by atoms with Crippen molar-refractivity contribution in [2.45, 2.75) is 12.3 Å². The van der Waals surface area contributed by atoms with Crippen LogP contribution in [0.3, 0.4) is 0 Å². The first kappa shape index (κ1) is 9.13. The molecule has 1 rings (SSSR count). The van der Waals surface area contributed by atoms with E-state index in [0.29, 0.717) is 0 Å². The summed E-state index contributed by atoms with van der Waals surface area (Å²) in [5, 5.41) is 9.08. The fourth-order valence-corrected chi connectivity index (χ4v) is 2.00. The number of phenolic OH excluding ortho intramolecular Hbond substituents is 1. The van der Waals surface area contributed by atoms with Gasteiger partial charge in [0.05, 0.1) is 5.38 Å². The lowest BCUT2D eigenvalue weighted by molar-refractivity contribution is 0.474. The van der Waals surface area contributed by atoms with Crippen molar-refractivity contribution in [2.75, 3.05) is 0 Å². The highest BCUT2D eigenvalue weighted by atomic mass is 127. The average Bonchev–Trinajstić information content (AvgIpc) is 1.94. The van der Waals surface area contributed by atoms with Gasteiger partial charge in [-0.05, 0) is 53.3 Å². The molecule has 0 amide bonds. The lowest BCUT2D eigenvalue weighted by Crippen LogP contribution is -1.87. The molecule has 0 heterocycles. The van der Waals surface area contributed by atoms with Crippen LogP contribution in [-0.2, 0) is 0 Å². The lowest BCUT2D eigenvalue weighted by atomic mass is 10.1. The molecular weight excluding hydrogens is 274 g/mol. The SMILES string of the molecule is CC(Cl)c1cc(O)ccc1I. The topological polar surface area (TPSA) is 20.2 Å². The summed E-state index contributed by atoms with van der Waals surface area (Å²) in [6.45, 7) is 1.89. The largest absolute Gasteiger partial charge is 0.508 e. The zero-order chi connectivity index (χ0) is 8.43. The molecule has 0 saturated carbocycles. The lowest BCUT2D eigenvalue weighted by Gasteiger charge is -2.05. The van der Waals surface area contributed by atoms with Crippen LogP contribution in [0.4, 0.5) is 0 Å². The Balaban J connectivity index is 3.13. The molecule has 11 heavy (non-hydrogen) atoms. The molecule has 1 N–H and O–H groups in total. The van der Waals surface area contributed by atoms with Gasteiger partial charge in [0.15, 0.2) is 0 Å². The molecule has 0 aliphatic rings. The third-order valence-electron chi connectivity index (χ3n) is 1.41. The predicted molar refractivity (Wildman–Crippen MR) is 55.1 cm³/mol. The van der Waals surface area contributed by atoms with Crippen LogP contribution in [0.5, 0.6) is 5.75 Å². The first-order chi connectivity index (χ1) is 5.11. The second-order valence-corrected chi connectivity index (χ2v) is 4.14. The molecule has 0 aliphatic carbocycles. The summed E-state index contributed by atoms with van der Waals surface area (Å²) in [6, 6.07) is 5.20.